The number of ether oxygens (including phenoxy) is 2. The molecule has 0 aliphatic carbocycles. The first-order valence-corrected chi connectivity index (χ1v) is 7.78. The molecule has 0 aliphatic rings. The molecule has 1 rings (SSSR count). The second-order valence-electron chi connectivity index (χ2n) is 6.95. The van der Waals surface area contributed by atoms with Gasteiger partial charge in [-0.15, -0.1) is 0 Å². The van der Waals surface area contributed by atoms with Crippen molar-refractivity contribution in [1.82, 2.24) is 5.32 Å². The van der Waals surface area contributed by atoms with E-state index in [1.807, 2.05) is 18.2 Å². The molecule has 0 spiro atoms. The van der Waals surface area contributed by atoms with Crippen molar-refractivity contribution in [1.29, 1.82) is 0 Å². The van der Waals surface area contributed by atoms with Gasteiger partial charge in [0, 0.05) is 17.6 Å². The highest BCUT2D eigenvalue weighted by atomic mass is 16.5. The van der Waals surface area contributed by atoms with Gasteiger partial charge in [-0.1, -0.05) is 32.0 Å². The van der Waals surface area contributed by atoms with Crippen molar-refractivity contribution in [3.8, 4) is 5.75 Å². The van der Waals surface area contributed by atoms with Crippen LogP contribution >= 0.6 is 0 Å². The molecule has 3 nitrogen and oxygen atoms in total. The molecule has 0 saturated carbocycles. The zero-order chi connectivity index (χ0) is 16.0. The van der Waals surface area contributed by atoms with Gasteiger partial charge in [-0.2, -0.15) is 0 Å². The molecule has 0 aromatic heterocycles. The Labute approximate surface area is 130 Å². The molecule has 1 aromatic carbocycles. The molecule has 0 amide bonds. The summed E-state index contributed by atoms with van der Waals surface area (Å²) in [7, 11) is 1.71. The first-order chi connectivity index (χ1) is 9.74. The van der Waals surface area contributed by atoms with Crippen molar-refractivity contribution in [2.75, 3.05) is 13.7 Å². The smallest absolute Gasteiger partial charge is 0.124 e. The van der Waals surface area contributed by atoms with Crippen LogP contribution in [0.25, 0.3) is 0 Å². The van der Waals surface area contributed by atoms with Crippen LogP contribution in [-0.2, 0) is 4.74 Å². The van der Waals surface area contributed by atoms with Crippen LogP contribution in [0.15, 0.2) is 24.3 Å². The predicted octanol–water partition coefficient (Wildman–Crippen LogP) is 4.19. The van der Waals surface area contributed by atoms with Crippen LogP contribution in [0.4, 0.5) is 0 Å². The van der Waals surface area contributed by atoms with Crippen molar-refractivity contribution < 1.29 is 9.47 Å². The first kappa shape index (κ1) is 18.0. The van der Waals surface area contributed by atoms with Crippen LogP contribution in [-0.4, -0.2) is 25.3 Å². The maximum Gasteiger partial charge on any atom is 0.124 e. The van der Waals surface area contributed by atoms with E-state index in [0.29, 0.717) is 5.92 Å². The highest BCUT2D eigenvalue weighted by Gasteiger charge is 2.22. The van der Waals surface area contributed by atoms with Crippen LogP contribution in [0.3, 0.4) is 0 Å². The minimum absolute atomic E-state index is 0.0159. The van der Waals surface area contributed by atoms with Crippen LogP contribution in [0.1, 0.15) is 53.2 Å². The van der Waals surface area contributed by atoms with E-state index >= 15 is 0 Å². The third-order valence-corrected chi connectivity index (χ3v) is 3.62. The van der Waals surface area contributed by atoms with E-state index < -0.39 is 0 Å². The Kier molecular flexibility index (Phi) is 6.69. The van der Waals surface area contributed by atoms with Crippen LogP contribution in [0.2, 0.25) is 0 Å². The van der Waals surface area contributed by atoms with Gasteiger partial charge in [0.05, 0.1) is 19.3 Å². The van der Waals surface area contributed by atoms with Gasteiger partial charge < -0.3 is 14.8 Å². The molecule has 3 heteroatoms. The lowest BCUT2D eigenvalue weighted by atomic mass is 10.0. The Morgan fingerprint density at radius 3 is 2.24 bits per heavy atom. The van der Waals surface area contributed by atoms with Crippen LogP contribution in [0.5, 0.6) is 5.75 Å². The first-order valence-electron chi connectivity index (χ1n) is 7.78. The number of rotatable bonds is 7. The van der Waals surface area contributed by atoms with E-state index in [4.69, 9.17) is 9.47 Å². The number of benzene rings is 1. The van der Waals surface area contributed by atoms with Gasteiger partial charge in [0.2, 0.25) is 0 Å². The molecule has 2 atom stereocenters. The summed E-state index contributed by atoms with van der Waals surface area (Å²) in [5.74, 6) is 1.37. The zero-order valence-corrected chi connectivity index (χ0v) is 14.6. The summed E-state index contributed by atoms with van der Waals surface area (Å²) in [6.07, 6.45) is 0.180. The summed E-state index contributed by atoms with van der Waals surface area (Å²) < 4.78 is 11.8. The molecule has 21 heavy (non-hydrogen) atoms. The van der Waals surface area contributed by atoms with Crippen molar-refractivity contribution in [3.05, 3.63) is 29.8 Å². The van der Waals surface area contributed by atoms with Gasteiger partial charge >= 0.3 is 0 Å². The second-order valence-corrected chi connectivity index (χ2v) is 6.95. The fraction of sp³-hybridized carbons (Fsp3) is 0.667. The number of methoxy groups -OCH3 is 1. The van der Waals surface area contributed by atoms with Gasteiger partial charge in [0.1, 0.15) is 5.75 Å². The lowest BCUT2D eigenvalue weighted by Gasteiger charge is -2.29. The van der Waals surface area contributed by atoms with E-state index in [1.54, 1.807) is 7.11 Å². The maximum atomic E-state index is 6.29. The molecule has 2 unspecified atom stereocenters. The van der Waals surface area contributed by atoms with Gasteiger partial charge in [-0.25, -0.2) is 0 Å². The highest BCUT2D eigenvalue weighted by molar-refractivity contribution is 5.35. The minimum atomic E-state index is -0.0159. The molecular formula is C18H31NO2. The van der Waals surface area contributed by atoms with Crippen molar-refractivity contribution in [3.63, 3.8) is 0 Å². The molecule has 0 heterocycles. The predicted molar refractivity (Wildman–Crippen MR) is 88.9 cm³/mol. The molecule has 0 radical (unpaired) electrons. The standard InChI is InChI=1S/C18H31NO2/c1-13(2)14(3)21-17(12-19-18(4,5)6)15-10-8-9-11-16(15)20-7/h8-11,13-14,17,19H,12H2,1-7H3. The summed E-state index contributed by atoms with van der Waals surface area (Å²) in [6.45, 7) is 13.8. The molecule has 0 saturated heterocycles. The second kappa shape index (κ2) is 7.81. The maximum absolute atomic E-state index is 6.29. The zero-order valence-electron chi connectivity index (χ0n) is 14.6. The van der Waals surface area contributed by atoms with Gasteiger partial charge in [-0.05, 0) is 39.7 Å². The SMILES string of the molecule is COc1ccccc1C(CNC(C)(C)C)OC(C)C(C)C. The number of hydrogen-bond acceptors (Lipinski definition) is 3. The van der Waals surface area contributed by atoms with E-state index in [9.17, 15) is 0 Å². The van der Waals surface area contributed by atoms with E-state index in [0.717, 1.165) is 17.9 Å². The Hall–Kier alpha value is -1.06. The third kappa shape index (κ3) is 6.06. The topological polar surface area (TPSA) is 30.5 Å². The molecule has 120 valence electrons. The Morgan fingerprint density at radius 1 is 1.10 bits per heavy atom. The summed E-state index contributed by atoms with van der Waals surface area (Å²) >= 11 is 0. The number of para-hydroxylation sites is 1. The average molecular weight is 293 g/mol. The number of nitrogens with one attached hydrogen (secondary N) is 1. The summed E-state index contributed by atoms with van der Waals surface area (Å²) in [5, 5.41) is 3.54. The molecule has 0 bridgehead atoms. The lowest BCUT2D eigenvalue weighted by Crippen LogP contribution is -2.40. The normalized spacial score (nSPS) is 15.0. The van der Waals surface area contributed by atoms with Gasteiger partial charge in [0.25, 0.3) is 0 Å². The lowest BCUT2D eigenvalue weighted by molar-refractivity contribution is -0.0291. The monoisotopic (exact) mass is 293 g/mol. The summed E-state index contributed by atoms with van der Waals surface area (Å²) in [6, 6.07) is 8.09. The Morgan fingerprint density at radius 2 is 1.71 bits per heavy atom. The minimum Gasteiger partial charge on any atom is -0.496 e. The quantitative estimate of drug-likeness (QED) is 0.818. The fourth-order valence-electron chi connectivity index (χ4n) is 1.98. The van der Waals surface area contributed by atoms with Crippen LogP contribution in [0, 0.1) is 5.92 Å². The highest BCUT2D eigenvalue weighted by Crippen LogP contribution is 2.29. The Balaban J connectivity index is 2.94. The fourth-order valence-corrected chi connectivity index (χ4v) is 1.98. The largest absolute Gasteiger partial charge is 0.496 e. The Bertz CT molecular complexity index is 423. The summed E-state index contributed by atoms with van der Waals surface area (Å²) in [4.78, 5) is 0. The van der Waals surface area contributed by atoms with E-state index in [2.05, 4.69) is 52.9 Å². The van der Waals surface area contributed by atoms with Gasteiger partial charge in [-0.3, -0.25) is 0 Å². The molecule has 0 fully saturated rings. The van der Waals surface area contributed by atoms with Crippen molar-refractivity contribution in [2.45, 2.75) is 59.3 Å². The average Bonchev–Trinajstić information content (AvgIpc) is 2.42. The molecule has 1 aromatic rings. The van der Waals surface area contributed by atoms with Crippen molar-refractivity contribution >= 4 is 0 Å². The molecular weight excluding hydrogens is 262 g/mol. The number of hydrogen-bond donors (Lipinski definition) is 1. The summed E-state index contributed by atoms with van der Waals surface area (Å²) in [5.41, 5.74) is 1.16. The van der Waals surface area contributed by atoms with Crippen LogP contribution < -0.4 is 10.1 Å². The van der Waals surface area contributed by atoms with Gasteiger partial charge in [0.15, 0.2) is 0 Å². The van der Waals surface area contributed by atoms with E-state index in [-0.39, 0.29) is 17.7 Å². The van der Waals surface area contributed by atoms with Crippen molar-refractivity contribution in [2.24, 2.45) is 5.92 Å². The van der Waals surface area contributed by atoms with E-state index in [1.165, 1.54) is 0 Å². The third-order valence-electron chi connectivity index (χ3n) is 3.62. The molecule has 1 N–H and O–H groups in total. The molecule has 0 aliphatic heterocycles.